The van der Waals surface area contributed by atoms with Crippen LogP contribution in [0.15, 0.2) is 65.1 Å². The van der Waals surface area contributed by atoms with Crippen LogP contribution in [0.3, 0.4) is 0 Å². The molecule has 1 atom stereocenters. The number of benzene rings is 2. The van der Waals surface area contributed by atoms with Gasteiger partial charge in [-0.1, -0.05) is 6.07 Å². The van der Waals surface area contributed by atoms with Gasteiger partial charge in [0.15, 0.2) is 22.7 Å². The second kappa shape index (κ2) is 8.94. The zero-order valence-electron chi connectivity index (χ0n) is 16.1. The summed E-state index contributed by atoms with van der Waals surface area (Å²) in [5.41, 5.74) is -0.191. The lowest BCUT2D eigenvalue weighted by molar-refractivity contribution is -0.137. The third kappa shape index (κ3) is 4.56. The van der Waals surface area contributed by atoms with Crippen LogP contribution >= 0.6 is 11.3 Å². The first-order valence-corrected chi connectivity index (χ1v) is 11.1. The number of nitrogens with zero attached hydrogens (tertiary/aromatic N) is 3. The van der Waals surface area contributed by atoms with Crippen molar-refractivity contribution >= 4 is 38.2 Å². The summed E-state index contributed by atoms with van der Waals surface area (Å²) in [6.07, 6.45) is -1.46. The summed E-state index contributed by atoms with van der Waals surface area (Å²) in [6.45, 7) is -0.412. The minimum Gasteiger partial charge on any atom is -0.478 e. The Bertz CT molecular complexity index is 1340. The zero-order chi connectivity index (χ0) is 22.7. The van der Waals surface area contributed by atoms with Crippen molar-refractivity contribution in [3.63, 3.8) is 0 Å². The summed E-state index contributed by atoms with van der Waals surface area (Å²) < 4.78 is 60.2. The van der Waals surface area contributed by atoms with E-state index in [0.29, 0.717) is 32.1 Å². The van der Waals surface area contributed by atoms with Crippen molar-refractivity contribution in [2.45, 2.75) is 11.1 Å². The van der Waals surface area contributed by atoms with Crippen LogP contribution < -0.4 is 9.46 Å². The molecule has 0 saturated carbocycles. The molecule has 0 radical (unpaired) electrons. The maximum atomic E-state index is 13.2. The van der Waals surface area contributed by atoms with Crippen molar-refractivity contribution in [3.05, 3.63) is 65.8 Å². The Morgan fingerprint density at radius 2 is 1.97 bits per heavy atom. The Labute approximate surface area is 186 Å². The Morgan fingerprint density at radius 3 is 2.69 bits per heavy atom. The van der Waals surface area contributed by atoms with E-state index in [0.717, 1.165) is 12.1 Å². The maximum absolute atomic E-state index is 13.2. The third-order valence-corrected chi connectivity index (χ3v) is 6.30. The number of nitrogens with one attached hydrogen (secondary N) is 1. The molecule has 0 fully saturated rings. The number of aromatic nitrogens is 2. The number of hydrogen-bond acceptors (Lipinski definition) is 6. The van der Waals surface area contributed by atoms with Crippen LogP contribution in [-0.4, -0.2) is 20.8 Å². The van der Waals surface area contributed by atoms with E-state index >= 15 is 0 Å². The molecule has 0 aliphatic carbocycles. The van der Waals surface area contributed by atoms with Gasteiger partial charge in [-0.3, -0.25) is 9.71 Å². The van der Waals surface area contributed by atoms with E-state index in [1.165, 1.54) is 23.6 Å². The first kappa shape index (κ1) is 21.7. The van der Waals surface area contributed by atoms with Gasteiger partial charge in [0.05, 0.1) is 16.2 Å². The van der Waals surface area contributed by atoms with Crippen molar-refractivity contribution in [1.29, 1.82) is 5.26 Å². The molecule has 0 amide bonds. The number of nitriles is 1. The average molecular weight is 474 g/mol. The van der Waals surface area contributed by atoms with Crippen LogP contribution in [0.1, 0.15) is 5.56 Å². The summed E-state index contributed by atoms with van der Waals surface area (Å²) >= 11 is 1.32. The lowest BCUT2D eigenvalue weighted by Crippen LogP contribution is -2.06. The van der Waals surface area contributed by atoms with E-state index in [1.807, 2.05) is 0 Å². The van der Waals surface area contributed by atoms with E-state index in [4.69, 9.17) is 10.00 Å². The van der Waals surface area contributed by atoms with Crippen LogP contribution in [0, 0.1) is 11.3 Å². The smallest absolute Gasteiger partial charge is 0.416 e. The van der Waals surface area contributed by atoms with Gasteiger partial charge in [-0.05, 0) is 41.8 Å². The second-order valence-electron chi connectivity index (χ2n) is 6.41. The molecule has 4 aromatic rings. The summed E-state index contributed by atoms with van der Waals surface area (Å²) in [4.78, 5) is 8.87. The number of halogens is 3. The van der Waals surface area contributed by atoms with Crippen LogP contribution in [0.5, 0.6) is 5.75 Å². The zero-order valence-corrected chi connectivity index (χ0v) is 17.7. The highest BCUT2D eigenvalue weighted by atomic mass is 32.2. The fourth-order valence-corrected chi connectivity index (χ4v) is 4.57. The van der Waals surface area contributed by atoms with Gasteiger partial charge in [0, 0.05) is 28.7 Å². The average Bonchev–Trinajstić information content (AvgIpc) is 3.29. The Hall–Kier alpha value is -3.49. The van der Waals surface area contributed by atoms with Gasteiger partial charge >= 0.3 is 6.18 Å². The summed E-state index contributed by atoms with van der Waals surface area (Å²) in [5.74, 6) is -0.0977. The van der Waals surface area contributed by atoms with Crippen molar-refractivity contribution in [2.24, 2.45) is 0 Å². The number of pyridine rings is 1. The minimum absolute atomic E-state index is 0.0977. The quantitative estimate of drug-likeness (QED) is 0.404. The molecule has 4 rings (SSSR count). The summed E-state index contributed by atoms with van der Waals surface area (Å²) in [7, 11) is -1.55. The third-order valence-electron chi connectivity index (χ3n) is 4.42. The van der Waals surface area contributed by atoms with Crippen LogP contribution in [0.2, 0.25) is 0 Å². The molecule has 1 N–H and O–H groups in total. The maximum Gasteiger partial charge on any atom is 0.416 e. The Kier molecular flexibility index (Phi) is 6.07. The normalized spacial score (nSPS) is 12.3. The molecule has 6 nitrogen and oxygen atoms in total. The van der Waals surface area contributed by atoms with Crippen LogP contribution in [-0.2, 0) is 17.2 Å². The monoisotopic (exact) mass is 474 g/mol. The first-order valence-electron chi connectivity index (χ1n) is 9.05. The largest absolute Gasteiger partial charge is 0.478 e. The van der Waals surface area contributed by atoms with Gasteiger partial charge < -0.3 is 4.74 Å². The molecule has 32 heavy (non-hydrogen) atoms. The lowest BCUT2D eigenvalue weighted by atomic mass is 10.0. The van der Waals surface area contributed by atoms with Gasteiger partial charge in [0.1, 0.15) is 11.8 Å². The topological polar surface area (TPSA) is 87.9 Å². The highest BCUT2D eigenvalue weighted by Gasteiger charge is 2.31. The SMILES string of the molecule is N#CCOc1cc(C(F)(F)F)ccc1-c1nccc2cc(S(=O)Nc3nccs3)ccc12. The van der Waals surface area contributed by atoms with Gasteiger partial charge in [-0.25, -0.2) is 9.19 Å². The van der Waals surface area contributed by atoms with E-state index in [1.54, 1.807) is 41.9 Å². The fraction of sp³-hybridized carbons (Fsp3) is 0.0952. The van der Waals surface area contributed by atoms with Crippen molar-refractivity contribution in [2.75, 3.05) is 11.3 Å². The summed E-state index contributed by atoms with van der Waals surface area (Å²) in [5, 5.41) is 12.4. The molecule has 11 heteroatoms. The standard InChI is InChI=1S/C21H13F3N4O2S2/c22-21(23,24)14-1-3-17(18(12-14)30-9-6-25)19-16-4-2-15(11-13(16)5-7-26-19)32(29)28-20-27-8-10-31-20/h1-5,7-8,10-12H,9H2,(H,27,28). The summed E-state index contributed by atoms with van der Waals surface area (Å²) in [6, 6.07) is 11.6. The minimum atomic E-state index is -4.56. The molecule has 0 aliphatic rings. The van der Waals surface area contributed by atoms with E-state index in [-0.39, 0.29) is 5.75 Å². The molecule has 0 spiro atoms. The van der Waals surface area contributed by atoms with Crippen LogP contribution in [0.4, 0.5) is 18.3 Å². The fourth-order valence-electron chi connectivity index (χ4n) is 3.02. The van der Waals surface area contributed by atoms with Crippen molar-refractivity contribution in [1.82, 2.24) is 9.97 Å². The van der Waals surface area contributed by atoms with Gasteiger partial charge in [-0.2, -0.15) is 18.4 Å². The Balaban J connectivity index is 1.76. The highest BCUT2D eigenvalue weighted by Crippen LogP contribution is 2.39. The number of fused-ring (bicyclic) bond motifs is 1. The molecule has 0 aliphatic heterocycles. The number of ether oxygens (including phenoxy) is 1. The van der Waals surface area contributed by atoms with E-state index < -0.39 is 29.3 Å². The highest BCUT2D eigenvalue weighted by molar-refractivity contribution is 7.86. The second-order valence-corrected chi connectivity index (χ2v) is 8.51. The molecule has 0 saturated heterocycles. The number of hydrogen-bond donors (Lipinski definition) is 1. The molecular weight excluding hydrogens is 461 g/mol. The molecule has 2 aromatic carbocycles. The molecular formula is C21H13F3N4O2S2. The van der Waals surface area contributed by atoms with Crippen molar-refractivity contribution in [3.8, 4) is 23.1 Å². The van der Waals surface area contributed by atoms with Gasteiger partial charge in [0.25, 0.3) is 0 Å². The van der Waals surface area contributed by atoms with Crippen molar-refractivity contribution < 1.29 is 22.1 Å². The van der Waals surface area contributed by atoms with Crippen LogP contribution in [0.25, 0.3) is 22.0 Å². The number of thiazole rings is 1. The predicted octanol–water partition coefficient (Wildman–Crippen LogP) is 5.41. The lowest BCUT2D eigenvalue weighted by Gasteiger charge is -2.14. The molecule has 1 unspecified atom stereocenters. The van der Waals surface area contributed by atoms with E-state index in [9.17, 15) is 17.4 Å². The van der Waals surface area contributed by atoms with E-state index in [2.05, 4.69) is 14.7 Å². The predicted molar refractivity (Wildman–Crippen MR) is 115 cm³/mol. The number of anilines is 1. The Morgan fingerprint density at radius 1 is 1.12 bits per heavy atom. The molecule has 2 heterocycles. The number of rotatable bonds is 6. The first-order chi connectivity index (χ1) is 15.4. The van der Waals surface area contributed by atoms with Gasteiger partial charge in [-0.15, -0.1) is 11.3 Å². The molecule has 0 bridgehead atoms. The molecule has 2 aromatic heterocycles. The number of alkyl halides is 3. The van der Waals surface area contributed by atoms with Gasteiger partial charge in [0.2, 0.25) is 0 Å². The molecule has 162 valence electrons.